The first-order valence-corrected chi connectivity index (χ1v) is 5.97. The summed E-state index contributed by atoms with van der Waals surface area (Å²) in [6, 6.07) is 8.33. The molecule has 0 fully saturated rings. The summed E-state index contributed by atoms with van der Waals surface area (Å²) >= 11 is 0. The van der Waals surface area contributed by atoms with E-state index in [4.69, 9.17) is 4.74 Å². The van der Waals surface area contributed by atoms with Crippen molar-refractivity contribution < 1.29 is 9.53 Å². The fourth-order valence-corrected chi connectivity index (χ4v) is 1.98. The van der Waals surface area contributed by atoms with Gasteiger partial charge in [-0.05, 0) is 19.0 Å². The molecule has 1 aliphatic rings. The summed E-state index contributed by atoms with van der Waals surface area (Å²) in [4.78, 5) is 11.0. The number of rotatable bonds is 5. The Morgan fingerprint density at radius 1 is 1.47 bits per heavy atom. The third kappa shape index (κ3) is 2.97. The van der Waals surface area contributed by atoms with Crippen LogP contribution in [0.4, 0.5) is 0 Å². The van der Waals surface area contributed by atoms with Crippen LogP contribution in [0.3, 0.4) is 0 Å². The van der Waals surface area contributed by atoms with Gasteiger partial charge in [-0.2, -0.15) is 0 Å². The van der Waals surface area contributed by atoms with Gasteiger partial charge in [-0.15, -0.1) is 0 Å². The number of carbonyl (C=O) groups is 1. The Kier molecular flexibility index (Phi) is 3.98. The molecule has 1 atom stereocenters. The Morgan fingerprint density at radius 2 is 2.29 bits per heavy atom. The maximum atomic E-state index is 11.0. The SMILES string of the molecule is CNC(=O)CCCNC1COc2ccccc21. The molecule has 0 saturated heterocycles. The van der Waals surface area contributed by atoms with Crippen LogP contribution in [0.5, 0.6) is 5.75 Å². The zero-order valence-electron chi connectivity index (χ0n) is 10.0. The van der Waals surface area contributed by atoms with E-state index in [9.17, 15) is 4.79 Å². The molecule has 2 rings (SSSR count). The monoisotopic (exact) mass is 234 g/mol. The number of nitrogens with one attached hydrogen (secondary N) is 2. The lowest BCUT2D eigenvalue weighted by Crippen LogP contribution is -2.25. The average Bonchev–Trinajstić information content (AvgIpc) is 2.78. The quantitative estimate of drug-likeness (QED) is 0.754. The number of amides is 1. The smallest absolute Gasteiger partial charge is 0.219 e. The van der Waals surface area contributed by atoms with Crippen molar-refractivity contribution in [3.8, 4) is 5.75 Å². The molecule has 4 nitrogen and oxygen atoms in total. The van der Waals surface area contributed by atoms with Crippen LogP contribution in [0.2, 0.25) is 0 Å². The molecule has 0 bridgehead atoms. The molecule has 17 heavy (non-hydrogen) atoms. The van der Waals surface area contributed by atoms with E-state index in [1.54, 1.807) is 7.05 Å². The molecule has 0 saturated carbocycles. The molecular formula is C13H18N2O2. The Balaban J connectivity index is 1.76. The number of fused-ring (bicyclic) bond motifs is 1. The summed E-state index contributed by atoms with van der Waals surface area (Å²) in [7, 11) is 1.66. The lowest BCUT2D eigenvalue weighted by Gasteiger charge is -2.10. The van der Waals surface area contributed by atoms with Gasteiger partial charge in [-0.3, -0.25) is 4.79 Å². The first-order chi connectivity index (χ1) is 8.31. The van der Waals surface area contributed by atoms with Gasteiger partial charge in [0.25, 0.3) is 0 Å². The van der Waals surface area contributed by atoms with E-state index in [2.05, 4.69) is 16.7 Å². The second kappa shape index (κ2) is 5.68. The fourth-order valence-electron chi connectivity index (χ4n) is 1.98. The van der Waals surface area contributed by atoms with Gasteiger partial charge in [0.05, 0.1) is 6.04 Å². The lowest BCUT2D eigenvalue weighted by atomic mass is 10.1. The summed E-state index contributed by atoms with van der Waals surface area (Å²) in [6.07, 6.45) is 1.41. The third-order valence-corrected chi connectivity index (χ3v) is 2.95. The van der Waals surface area contributed by atoms with Crippen LogP contribution in [0.1, 0.15) is 24.4 Å². The van der Waals surface area contributed by atoms with E-state index < -0.39 is 0 Å². The lowest BCUT2D eigenvalue weighted by molar-refractivity contribution is -0.120. The predicted molar refractivity (Wildman–Crippen MR) is 66.0 cm³/mol. The molecule has 0 radical (unpaired) electrons. The topological polar surface area (TPSA) is 50.4 Å². The van der Waals surface area contributed by atoms with Crippen molar-refractivity contribution >= 4 is 5.91 Å². The highest BCUT2D eigenvalue weighted by atomic mass is 16.5. The van der Waals surface area contributed by atoms with Crippen molar-refractivity contribution in [2.75, 3.05) is 20.2 Å². The molecule has 0 aliphatic carbocycles. The van der Waals surface area contributed by atoms with Crippen LogP contribution in [0.25, 0.3) is 0 Å². The van der Waals surface area contributed by atoms with Gasteiger partial charge < -0.3 is 15.4 Å². The minimum Gasteiger partial charge on any atom is -0.491 e. The Morgan fingerprint density at radius 3 is 3.12 bits per heavy atom. The fraction of sp³-hybridized carbons (Fsp3) is 0.462. The number of hydrogen-bond donors (Lipinski definition) is 2. The standard InChI is InChI=1S/C13H18N2O2/c1-14-13(16)7-4-8-15-11-9-17-12-6-3-2-5-10(11)12/h2-3,5-6,11,15H,4,7-9H2,1H3,(H,14,16). The Hall–Kier alpha value is -1.55. The summed E-state index contributed by atoms with van der Waals surface area (Å²) in [6.45, 7) is 1.51. The average molecular weight is 234 g/mol. The number of para-hydroxylation sites is 1. The van der Waals surface area contributed by atoms with Crippen LogP contribution >= 0.6 is 0 Å². The summed E-state index contributed by atoms with van der Waals surface area (Å²) < 4.78 is 5.57. The van der Waals surface area contributed by atoms with Crippen LogP contribution < -0.4 is 15.4 Å². The molecule has 92 valence electrons. The van der Waals surface area contributed by atoms with E-state index in [-0.39, 0.29) is 11.9 Å². The van der Waals surface area contributed by atoms with E-state index >= 15 is 0 Å². The van der Waals surface area contributed by atoms with Crippen molar-refractivity contribution in [2.45, 2.75) is 18.9 Å². The van der Waals surface area contributed by atoms with E-state index in [1.807, 2.05) is 18.2 Å². The largest absolute Gasteiger partial charge is 0.491 e. The maximum Gasteiger partial charge on any atom is 0.219 e. The van der Waals surface area contributed by atoms with Gasteiger partial charge in [-0.25, -0.2) is 0 Å². The van der Waals surface area contributed by atoms with Crippen molar-refractivity contribution in [1.29, 1.82) is 0 Å². The summed E-state index contributed by atoms with van der Waals surface area (Å²) in [5.41, 5.74) is 1.22. The van der Waals surface area contributed by atoms with Gasteiger partial charge in [0.15, 0.2) is 0 Å². The van der Waals surface area contributed by atoms with Crippen LogP contribution in [0, 0.1) is 0 Å². The van der Waals surface area contributed by atoms with Crippen LogP contribution in [-0.4, -0.2) is 26.1 Å². The van der Waals surface area contributed by atoms with Gasteiger partial charge in [0.1, 0.15) is 12.4 Å². The molecule has 1 aromatic rings. The van der Waals surface area contributed by atoms with Crippen molar-refractivity contribution in [1.82, 2.24) is 10.6 Å². The molecule has 1 aliphatic heterocycles. The molecule has 4 heteroatoms. The molecule has 1 unspecified atom stereocenters. The van der Waals surface area contributed by atoms with Gasteiger partial charge >= 0.3 is 0 Å². The molecule has 0 aromatic heterocycles. The number of hydrogen-bond acceptors (Lipinski definition) is 3. The second-order valence-corrected chi connectivity index (χ2v) is 4.13. The summed E-state index contributed by atoms with van der Waals surface area (Å²) in [5.74, 6) is 1.06. The molecular weight excluding hydrogens is 216 g/mol. The van der Waals surface area contributed by atoms with Crippen molar-refractivity contribution in [3.05, 3.63) is 29.8 Å². The minimum atomic E-state index is 0.0925. The van der Waals surface area contributed by atoms with Crippen LogP contribution in [0.15, 0.2) is 24.3 Å². The van der Waals surface area contributed by atoms with Gasteiger partial charge in [-0.1, -0.05) is 18.2 Å². The Labute approximate surface area is 101 Å². The highest BCUT2D eigenvalue weighted by molar-refractivity contribution is 5.75. The van der Waals surface area contributed by atoms with Crippen molar-refractivity contribution in [2.24, 2.45) is 0 Å². The molecule has 1 aromatic carbocycles. The first-order valence-electron chi connectivity index (χ1n) is 5.97. The zero-order valence-corrected chi connectivity index (χ0v) is 10.0. The number of ether oxygens (including phenoxy) is 1. The van der Waals surface area contributed by atoms with E-state index in [1.165, 1.54) is 5.56 Å². The normalized spacial score (nSPS) is 17.4. The maximum absolute atomic E-state index is 11.0. The van der Waals surface area contributed by atoms with Crippen LogP contribution in [-0.2, 0) is 4.79 Å². The molecule has 0 spiro atoms. The summed E-state index contributed by atoms with van der Waals surface area (Å²) in [5, 5.41) is 6.03. The molecule has 2 N–H and O–H groups in total. The van der Waals surface area contributed by atoms with Gasteiger partial charge in [0, 0.05) is 19.0 Å². The minimum absolute atomic E-state index is 0.0925. The zero-order chi connectivity index (χ0) is 12.1. The third-order valence-electron chi connectivity index (χ3n) is 2.95. The molecule has 1 heterocycles. The van der Waals surface area contributed by atoms with Gasteiger partial charge in [0.2, 0.25) is 5.91 Å². The van der Waals surface area contributed by atoms with Crippen molar-refractivity contribution in [3.63, 3.8) is 0 Å². The Bertz CT molecular complexity index is 393. The first kappa shape index (κ1) is 11.9. The van der Waals surface area contributed by atoms with E-state index in [0.717, 1.165) is 18.7 Å². The highest BCUT2D eigenvalue weighted by Gasteiger charge is 2.22. The number of benzene rings is 1. The second-order valence-electron chi connectivity index (χ2n) is 4.13. The molecule has 1 amide bonds. The number of carbonyl (C=O) groups excluding carboxylic acids is 1. The van der Waals surface area contributed by atoms with E-state index in [0.29, 0.717) is 13.0 Å². The highest BCUT2D eigenvalue weighted by Crippen LogP contribution is 2.31. The predicted octanol–water partition coefficient (Wildman–Crippen LogP) is 1.24.